The van der Waals surface area contributed by atoms with Gasteiger partial charge in [-0.2, -0.15) is 5.26 Å². The molecule has 1 amide bonds. The summed E-state index contributed by atoms with van der Waals surface area (Å²) in [5, 5.41) is 34.6. The molecule has 8 nitrogen and oxygen atoms in total. The van der Waals surface area contributed by atoms with Gasteiger partial charge in [-0.25, -0.2) is 0 Å². The molecule has 1 aliphatic carbocycles. The lowest BCUT2D eigenvalue weighted by Crippen LogP contribution is -2.28. The number of aliphatic hydroxyl groups excluding tert-OH is 1. The fourth-order valence-electron chi connectivity index (χ4n) is 4.87. The van der Waals surface area contributed by atoms with Crippen molar-refractivity contribution in [2.75, 3.05) is 18.5 Å². The number of fused-ring (bicyclic) bond motifs is 2. The minimum Gasteiger partial charge on any atom is -0.493 e. The van der Waals surface area contributed by atoms with E-state index in [4.69, 9.17) is 9.84 Å². The van der Waals surface area contributed by atoms with E-state index in [1.54, 1.807) is 18.2 Å². The first-order valence-electron chi connectivity index (χ1n) is 11.6. The number of nitriles is 1. The molecular weight excluding hydrogens is 434 g/mol. The molecule has 1 aliphatic heterocycles. The Hall–Kier alpha value is -3.41. The predicted molar refractivity (Wildman–Crippen MR) is 125 cm³/mol. The van der Waals surface area contributed by atoms with E-state index in [0.717, 1.165) is 22.4 Å². The molecule has 1 heterocycles. The van der Waals surface area contributed by atoms with Gasteiger partial charge in [0.25, 0.3) is 0 Å². The number of nitrogens with zero attached hydrogens (tertiary/aromatic N) is 1. The van der Waals surface area contributed by atoms with Gasteiger partial charge in [0, 0.05) is 29.0 Å². The number of carbonyl (C=O) groups is 2. The average Bonchev–Trinajstić information content (AvgIpc) is 3.54. The molecule has 34 heavy (non-hydrogen) atoms. The molecule has 0 saturated heterocycles. The van der Waals surface area contributed by atoms with E-state index >= 15 is 0 Å². The molecule has 178 valence electrons. The molecule has 2 aliphatic rings. The summed E-state index contributed by atoms with van der Waals surface area (Å²) in [6.07, 6.45) is 1.58. The zero-order valence-electron chi connectivity index (χ0n) is 19.1. The maximum Gasteiger partial charge on any atom is 0.303 e. The van der Waals surface area contributed by atoms with Crippen molar-refractivity contribution < 1.29 is 24.5 Å². The molecule has 2 aromatic rings. The van der Waals surface area contributed by atoms with Crippen molar-refractivity contribution in [2.45, 2.75) is 50.7 Å². The van der Waals surface area contributed by atoms with Gasteiger partial charge in [0.15, 0.2) is 0 Å². The highest BCUT2D eigenvalue weighted by atomic mass is 16.5. The number of hydrogen-bond donors (Lipinski definition) is 4. The van der Waals surface area contributed by atoms with Crippen LogP contribution in [0, 0.1) is 17.2 Å². The average molecular weight is 464 g/mol. The highest BCUT2D eigenvalue weighted by molar-refractivity contribution is 5.97. The molecule has 4 N–H and O–H groups in total. The molecule has 0 aromatic heterocycles. The summed E-state index contributed by atoms with van der Waals surface area (Å²) < 4.78 is 5.84. The van der Waals surface area contributed by atoms with Gasteiger partial charge in [0.2, 0.25) is 5.91 Å². The number of ether oxygens (including phenoxy) is 1. The number of benzene rings is 2. The van der Waals surface area contributed by atoms with Crippen LogP contribution in [0.25, 0.3) is 0 Å². The van der Waals surface area contributed by atoms with Crippen molar-refractivity contribution in [3.05, 3.63) is 58.7 Å². The van der Waals surface area contributed by atoms with Gasteiger partial charge in [-0.15, -0.1) is 0 Å². The highest BCUT2D eigenvalue weighted by Gasteiger charge is 2.61. The lowest BCUT2D eigenvalue weighted by atomic mass is 9.86. The molecule has 3 atom stereocenters. The van der Waals surface area contributed by atoms with Crippen molar-refractivity contribution >= 4 is 17.6 Å². The van der Waals surface area contributed by atoms with E-state index in [0.29, 0.717) is 50.1 Å². The number of aliphatic carboxylic acids is 1. The number of amides is 1. The maximum absolute atomic E-state index is 13.3. The van der Waals surface area contributed by atoms with Crippen LogP contribution >= 0.6 is 0 Å². The predicted octanol–water partition coefficient (Wildman–Crippen LogP) is 3.24. The van der Waals surface area contributed by atoms with E-state index in [2.05, 4.69) is 16.7 Å². The lowest BCUT2D eigenvalue weighted by molar-refractivity contribution is -0.137. The summed E-state index contributed by atoms with van der Waals surface area (Å²) in [5.41, 5.74) is 3.14. The Labute approximate surface area is 198 Å². The number of aliphatic hydroxyl groups is 1. The Morgan fingerprint density at radius 3 is 2.85 bits per heavy atom. The molecule has 4 rings (SSSR count). The Morgan fingerprint density at radius 1 is 1.29 bits per heavy atom. The first kappa shape index (κ1) is 23.7. The van der Waals surface area contributed by atoms with Crippen LogP contribution in [-0.2, 0) is 21.4 Å². The molecule has 1 fully saturated rings. The largest absolute Gasteiger partial charge is 0.493 e. The number of carboxylic acid groups (broad SMARTS) is 1. The van der Waals surface area contributed by atoms with Crippen molar-refractivity contribution in [2.24, 2.45) is 5.92 Å². The summed E-state index contributed by atoms with van der Waals surface area (Å²) in [6, 6.07) is 12.8. The Morgan fingerprint density at radius 2 is 2.12 bits per heavy atom. The number of aryl methyl sites for hydroxylation is 1. The topological polar surface area (TPSA) is 132 Å². The number of hydrogen-bond acceptors (Lipinski definition) is 6. The number of carbonyl (C=O) groups excluding carboxylic acids is 1. The molecule has 1 saturated carbocycles. The molecule has 1 spiro atoms. The molecule has 0 radical (unpaired) electrons. The SMILES string of the molecule is CCNC(O)c1ccc2c(c1)[C@]1(CCO2)C[C@H]1C(=O)Nc1cc(C#N)ccc1CCCC(=O)O. The summed E-state index contributed by atoms with van der Waals surface area (Å²) in [5.74, 6) is -0.495. The number of anilines is 1. The van der Waals surface area contributed by atoms with Crippen LogP contribution < -0.4 is 15.4 Å². The smallest absolute Gasteiger partial charge is 0.303 e. The summed E-state index contributed by atoms with van der Waals surface area (Å²) in [7, 11) is 0. The molecule has 8 heteroatoms. The van der Waals surface area contributed by atoms with Gasteiger partial charge in [-0.1, -0.05) is 19.1 Å². The van der Waals surface area contributed by atoms with Gasteiger partial charge < -0.3 is 20.3 Å². The Bertz CT molecular complexity index is 1140. The third kappa shape index (κ3) is 4.76. The minimum absolute atomic E-state index is 0.0387. The van der Waals surface area contributed by atoms with E-state index < -0.39 is 12.2 Å². The quantitative estimate of drug-likeness (QED) is 0.420. The van der Waals surface area contributed by atoms with E-state index in [1.807, 2.05) is 25.1 Å². The van der Waals surface area contributed by atoms with Gasteiger partial charge in [0.1, 0.15) is 12.0 Å². The molecular formula is C26H29N3O5. The van der Waals surface area contributed by atoms with Crippen molar-refractivity contribution in [1.29, 1.82) is 5.26 Å². The Kier molecular flexibility index (Phi) is 6.87. The van der Waals surface area contributed by atoms with Crippen molar-refractivity contribution in [1.82, 2.24) is 5.32 Å². The second kappa shape index (κ2) is 9.84. The fourth-order valence-corrected chi connectivity index (χ4v) is 4.87. The molecule has 1 unspecified atom stereocenters. The summed E-state index contributed by atoms with van der Waals surface area (Å²) >= 11 is 0. The van der Waals surface area contributed by atoms with Gasteiger partial charge in [-0.05, 0) is 67.6 Å². The van der Waals surface area contributed by atoms with Crippen LogP contribution in [0.3, 0.4) is 0 Å². The first-order chi connectivity index (χ1) is 16.4. The second-order valence-electron chi connectivity index (χ2n) is 8.95. The highest BCUT2D eigenvalue weighted by Crippen LogP contribution is 2.61. The first-order valence-corrected chi connectivity index (χ1v) is 11.6. The van der Waals surface area contributed by atoms with Crippen LogP contribution in [0.15, 0.2) is 36.4 Å². The minimum atomic E-state index is -0.865. The van der Waals surface area contributed by atoms with Gasteiger partial charge >= 0.3 is 5.97 Å². The third-order valence-electron chi connectivity index (χ3n) is 6.78. The van der Waals surface area contributed by atoms with Crippen molar-refractivity contribution in [3.8, 4) is 11.8 Å². The van der Waals surface area contributed by atoms with Crippen LogP contribution in [0.4, 0.5) is 5.69 Å². The van der Waals surface area contributed by atoms with Crippen LogP contribution in [0.5, 0.6) is 5.75 Å². The lowest BCUT2D eigenvalue weighted by Gasteiger charge is -2.28. The monoisotopic (exact) mass is 463 g/mol. The van der Waals surface area contributed by atoms with E-state index in [9.17, 15) is 20.0 Å². The maximum atomic E-state index is 13.3. The van der Waals surface area contributed by atoms with Crippen LogP contribution in [-0.4, -0.2) is 35.2 Å². The fraction of sp³-hybridized carbons (Fsp3) is 0.423. The number of rotatable bonds is 9. The Balaban J connectivity index is 1.54. The molecule has 0 bridgehead atoms. The number of carboxylic acids is 1. The van der Waals surface area contributed by atoms with Gasteiger partial charge in [-0.3, -0.25) is 14.9 Å². The van der Waals surface area contributed by atoms with E-state index in [1.165, 1.54) is 0 Å². The van der Waals surface area contributed by atoms with Crippen LogP contribution in [0.2, 0.25) is 0 Å². The second-order valence-corrected chi connectivity index (χ2v) is 8.95. The van der Waals surface area contributed by atoms with Crippen molar-refractivity contribution in [3.63, 3.8) is 0 Å². The molecule has 2 aromatic carbocycles. The normalized spacial score (nSPS) is 21.1. The van der Waals surface area contributed by atoms with Gasteiger partial charge in [0.05, 0.1) is 18.2 Å². The zero-order valence-corrected chi connectivity index (χ0v) is 19.1. The standard InChI is InChI=1S/C26H29N3O5/c1-2-28-24(32)18-8-9-22-19(13-18)26(10-11-34-22)14-20(26)25(33)29-21-12-16(15-27)6-7-17(21)4-3-5-23(30)31/h6-9,12-13,20,24,28,32H,2-5,10-11,14H2,1H3,(H,29,33)(H,30,31)/t20-,24?,26-/m0/s1. The number of nitrogens with one attached hydrogen (secondary N) is 2. The third-order valence-corrected chi connectivity index (χ3v) is 6.78. The van der Waals surface area contributed by atoms with Crippen LogP contribution in [0.1, 0.15) is 61.1 Å². The summed E-state index contributed by atoms with van der Waals surface area (Å²) in [6.45, 7) is 3.07. The summed E-state index contributed by atoms with van der Waals surface area (Å²) in [4.78, 5) is 24.2. The van der Waals surface area contributed by atoms with E-state index in [-0.39, 0.29) is 23.7 Å². The zero-order chi connectivity index (χ0) is 24.3.